The van der Waals surface area contributed by atoms with Crippen LogP contribution in [-0.2, 0) is 19.6 Å². The van der Waals surface area contributed by atoms with Crippen molar-refractivity contribution >= 4 is 12.4 Å². The molecule has 3 nitrogen and oxygen atoms in total. The van der Waals surface area contributed by atoms with Gasteiger partial charge in [-0.15, -0.1) is 12.4 Å². The van der Waals surface area contributed by atoms with E-state index in [2.05, 4.69) is 10.4 Å². The second-order valence-corrected chi connectivity index (χ2v) is 4.03. The van der Waals surface area contributed by atoms with Crippen molar-refractivity contribution in [2.75, 3.05) is 6.67 Å². The molecule has 1 N–H and O–H groups in total. The van der Waals surface area contributed by atoms with Crippen LogP contribution < -0.4 is 5.32 Å². The Balaban J connectivity index is 0.00000180. The molecule has 2 aromatic rings. The van der Waals surface area contributed by atoms with Crippen LogP contribution >= 0.6 is 12.4 Å². The summed E-state index contributed by atoms with van der Waals surface area (Å²) < 4.78 is 26.6. The molecule has 6 heteroatoms. The molecule has 104 valence electrons. The Morgan fingerprint density at radius 3 is 2.74 bits per heavy atom. The Kier molecular flexibility index (Phi) is 6.45. The SMILES string of the molecule is Cl.FCCn1cc(CNCc2cccc(F)c2)cn1. The van der Waals surface area contributed by atoms with Crippen molar-refractivity contribution in [1.82, 2.24) is 15.1 Å². The summed E-state index contributed by atoms with van der Waals surface area (Å²) in [5, 5.41) is 7.21. The Morgan fingerprint density at radius 1 is 1.21 bits per heavy atom. The van der Waals surface area contributed by atoms with Crippen molar-refractivity contribution in [3.63, 3.8) is 0 Å². The van der Waals surface area contributed by atoms with E-state index >= 15 is 0 Å². The number of alkyl halides is 1. The summed E-state index contributed by atoms with van der Waals surface area (Å²) in [5.74, 6) is -0.231. The normalized spacial score (nSPS) is 10.2. The van der Waals surface area contributed by atoms with Crippen LogP contribution in [0.5, 0.6) is 0 Å². The van der Waals surface area contributed by atoms with Crippen molar-refractivity contribution in [1.29, 1.82) is 0 Å². The van der Waals surface area contributed by atoms with E-state index < -0.39 is 6.67 Å². The third-order valence-corrected chi connectivity index (χ3v) is 2.55. The van der Waals surface area contributed by atoms with Gasteiger partial charge in [-0.3, -0.25) is 4.68 Å². The maximum atomic E-state index is 12.9. The zero-order chi connectivity index (χ0) is 12.8. The van der Waals surface area contributed by atoms with Gasteiger partial charge in [0.1, 0.15) is 12.5 Å². The number of aryl methyl sites for hydroxylation is 1. The van der Waals surface area contributed by atoms with Gasteiger partial charge in [-0.1, -0.05) is 12.1 Å². The number of nitrogens with one attached hydrogen (secondary N) is 1. The standard InChI is InChI=1S/C13H15F2N3.ClH/c14-4-5-18-10-12(9-17-18)8-16-7-11-2-1-3-13(15)6-11;/h1-3,6,9-10,16H,4-5,7-8H2;1H. The molecule has 0 aliphatic rings. The van der Waals surface area contributed by atoms with E-state index in [1.54, 1.807) is 23.1 Å². The fourth-order valence-electron chi connectivity index (χ4n) is 1.70. The van der Waals surface area contributed by atoms with Crippen LogP contribution in [0.3, 0.4) is 0 Å². The van der Waals surface area contributed by atoms with E-state index in [-0.39, 0.29) is 24.8 Å². The first-order chi connectivity index (χ1) is 8.78. The molecule has 1 aromatic heterocycles. The van der Waals surface area contributed by atoms with Crippen molar-refractivity contribution in [3.8, 4) is 0 Å². The van der Waals surface area contributed by atoms with Crippen LogP contribution in [-0.4, -0.2) is 16.5 Å². The van der Waals surface area contributed by atoms with Gasteiger partial charge < -0.3 is 5.32 Å². The van der Waals surface area contributed by atoms with Crippen LogP contribution in [0.4, 0.5) is 8.78 Å². The highest BCUT2D eigenvalue weighted by molar-refractivity contribution is 5.85. The lowest BCUT2D eigenvalue weighted by molar-refractivity contribution is 0.427. The summed E-state index contributed by atoms with van der Waals surface area (Å²) in [7, 11) is 0. The average Bonchev–Trinajstić information content (AvgIpc) is 2.78. The molecule has 0 spiro atoms. The molecule has 0 saturated heterocycles. The molecule has 1 aromatic carbocycles. The third-order valence-electron chi connectivity index (χ3n) is 2.55. The second-order valence-electron chi connectivity index (χ2n) is 4.03. The number of nitrogens with zero attached hydrogens (tertiary/aromatic N) is 2. The van der Waals surface area contributed by atoms with Gasteiger partial charge in [0, 0.05) is 24.8 Å². The summed E-state index contributed by atoms with van der Waals surface area (Å²) in [6.45, 7) is 1.08. The number of benzene rings is 1. The van der Waals surface area contributed by atoms with E-state index in [1.165, 1.54) is 12.1 Å². The monoisotopic (exact) mass is 287 g/mol. The number of aromatic nitrogens is 2. The molecule has 0 aliphatic heterocycles. The summed E-state index contributed by atoms with van der Waals surface area (Å²) in [5.41, 5.74) is 1.88. The zero-order valence-corrected chi connectivity index (χ0v) is 11.2. The number of rotatable bonds is 6. The molecule has 0 bridgehead atoms. The lowest BCUT2D eigenvalue weighted by Gasteiger charge is -2.03. The first-order valence-electron chi connectivity index (χ1n) is 5.80. The predicted molar refractivity (Wildman–Crippen MR) is 72.4 cm³/mol. The highest BCUT2D eigenvalue weighted by atomic mass is 35.5. The van der Waals surface area contributed by atoms with Gasteiger partial charge in [-0.05, 0) is 17.7 Å². The molecular weight excluding hydrogens is 272 g/mol. The predicted octanol–water partition coefficient (Wildman–Crippen LogP) is 2.70. The van der Waals surface area contributed by atoms with Crippen LogP contribution in [0.15, 0.2) is 36.7 Å². The van der Waals surface area contributed by atoms with Crippen molar-refractivity contribution < 1.29 is 8.78 Å². The average molecular weight is 288 g/mol. The first kappa shape index (κ1) is 15.6. The molecule has 19 heavy (non-hydrogen) atoms. The third kappa shape index (κ3) is 4.96. The fraction of sp³-hybridized carbons (Fsp3) is 0.308. The van der Waals surface area contributed by atoms with Gasteiger partial charge in [-0.2, -0.15) is 5.10 Å². The maximum absolute atomic E-state index is 12.9. The maximum Gasteiger partial charge on any atom is 0.123 e. The topological polar surface area (TPSA) is 29.9 Å². The molecule has 2 rings (SSSR count). The Labute approximate surface area is 117 Å². The van der Waals surface area contributed by atoms with Gasteiger partial charge in [0.05, 0.1) is 12.7 Å². The summed E-state index contributed by atoms with van der Waals surface area (Å²) in [4.78, 5) is 0. The largest absolute Gasteiger partial charge is 0.309 e. The van der Waals surface area contributed by atoms with E-state index in [1.807, 2.05) is 6.07 Å². The summed E-state index contributed by atoms with van der Waals surface area (Å²) in [6.07, 6.45) is 3.51. The second kappa shape index (κ2) is 7.86. The van der Waals surface area contributed by atoms with Crippen LogP contribution in [0.2, 0.25) is 0 Å². The molecule has 0 fully saturated rings. The minimum Gasteiger partial charge on any atom is -0.309 e. The molecule has 0 aliphatic carbocycles. The van der Waals surface area contributed by atoms with E-state index in [0.29, 0.717) is 13.1 Å². The highest BCUT2D eigenvalue weighted by Crippen LogP contribution is 2.04. The molecule has 0 amide bonds. The number of hydrogen-bond acceptors (Lipinski definition) is 2. The van der Waals surface area contributed by atoms with Gasteiger partial charge in [-0.25, -0.2) is 8.78 Å². The summed E-state index contributed by atoms with van der Waals surface area (Å²) in [6, 6.07) is 6.47. The Bertz CT molecular complexity index is 502. The quantitative estimate of drug-likeness (QED) is 0.885. The van der Waals surface area contributed by atoms with Crippen molar-refractivity contribution in [2.45, 2.75) is 19.6 Å². The molecule has 0 atom stereocenters. The van der Waals surface area contributed by atoms with Crippen LogP contribution in [0, 0.1) is 5.82 Å². The zero-order valence-electron chi connectivity index (χ0n) is 10.4. The molecule has 0 saturated carbocycles. The van der Waals surface area contributed by atoms with E-state index in [9.17, 15) is 8.78 Å². The van der Waals surface area contributed by atoms with Gasteiger partial charge in [0.25, 0.3) is 0 Å². The molecule has 0 unspecified atom stereocenters. The number of hydrogen-bond donors (Lipinski definition) is 1. The first-order valence-corrected chi connectivity index (χ1v) is 5.80. The lowest BCUT2D eigenvalue weighted by atomic mass is 10.2. The smallest absolute Gasteiger partial charge is 0.123 e. The lowest BCUT2D eigenvalue weighted by Crippen LogP contribution is -2.12. The highest BCUT2D eigenvalue weighted by Gasteiger charge is 1.99. The van der Waals surface area contributed by atoms with Crippen molar-refractivity contribution in [3.05, 3.63) is 53.6 Å². The Morgan fingerprint density at radius 2 is 2.00 bits per heavy atom. The van der Waals surface area contributed by atoms with Crippen LogP contribution in [0.25, 0.3) is 0 Å². The fourth-order valence-corrected chi connectivity index (χ4v) is 1.70. The van der Waals surface area contributed by atoms with Gasteiger partial charge in [0.15, 0.2) is 0 Å². The summed E-state index contributed by atoms with van der Waals surface area (Å²) >= 11 is 0. The van der Waals surface area contributed by atoms with Crippen molar-refractivity contribution in [2.24, 2.45) is 0 Å². The van der Waals surface area contributed by atoms with Gasteiger partial charge in [0.2, 0.25) is 0 Å². The molecule has 1 heterocycles. The van der Waals surface area contributed by atoms with Gasteiger partial charge >= 0.3 is 0 Å². The number of halogens is 3. The van der Waals surface area contributed by atoms with E-state index in [4.69, 9.17) is 0 Å². The molecular formula is C13H16ClF2N3. The molecule has 0 radical (unpaired) electrons. The van der Waals surface area contributed by atoms with E-state index in [0.717, 1.165) is 11.1 Å². The minimum atomic E-state index is -0.419. The Hall–Kier alpha value is -1.46. The minimum absolute atomic E-state index is 0. The van der Waals surface area contributed by atoms with Crippen LogP contribution in [0.1, 0.15) is 11.1 Å².